The quantitative estimate of drug-likeness (QED) is 0.695. The average molecular weight is 373 g/mol. The van der Waals surface area contributed by atoms with Gasteiger partial charge in [-0.05, 0) is 12.2 Å². The monoisotopic (exact) mass is 373 g/mol. The average Bonchev–Trinajstić information content (AvgIpc) is 3.22. The number of carbonyl (C=O) groups excluding carboxylic acids is 1. The Morgan fingerprint density at radius 1 is 1.48 bits per heavy atom. The number of carbonyl (C=O) groups is 1. The van der Waals surface area contributed by atoms with Crippen molar-refractivity contribution in [2.45, 2.75) is 24.9 Å². The van der Waals surface area contributed by atoms with E-state index in [4.69, 9.17) is 10.5 Å². The van der Waals surface area contributed by atoms with E-state index in [-0.39, 0.29) is 11.6 Å². The van der Waals surface area contributed by atoms with Crippen molar-refractivity contribution in [3.8, 4) is 0 Å². The van der Waals surface area contributed by atoms with Gasteiger partial charge < -0.3 is 26.0 Å². The largest absolute Gasteiger partial charge is 0.373 e. The van der Waals surface area contributed by atoms with Crippen LogP contribution in [0.15, 0.2) is 36.3 Å². The van der Waals surface area contributed by atoms with E-state index in [1.807, 2.05) is 23.3 Å². The number of amides is 1. The molecule has 2 aromatic heterocycles. The van der Waals surface area contributed by atoms with Gasteiger partial charge in [0.25, 0.3) is 5.91 Å². The zero-order valence-corrected chi connectivity index (χ0v) is 14.9. The number of alkyl halides is 1. The standard InChI is InChI=1S/C17H20FN7O2/c1-20-14-7-13(23-16-9(15(19)26)8-21-25(14)16)22-11-4-3-5-24(17(11)27-2)12-6-10(12)18/h3-5,7-8,10,12,17,20H,6H2,1-2H3,(H2,19,26)(H,22,23)/t10-,12-,17?/m0/s1. The van der Waals surface area contributed by atoms with Gasteiger partial charge in [0.2, 0.25) is 0 Å². The molecule has 10 heteroatoms. The van der Waals surface area contributed by atoms with Crippen LogP contribution in [-0.2, 0) is 4.74 Å². The molecule has 27 heavy (non-hydrogen) atoms. The number of nitrogens with two attached hydrogens (primary N) is 1. The van der Waals surface area contributed by atoms with Gasteiger partial charge in [0.15, 0.2) is 11.9 Å². The van der Waals surface area contributed by atoms with Crippen LogP contribution < -0.4 is 16.4 Å². The summed E-state index contributed by atoms with van der Waals surface area (Å²) in [6, 6.07) is 1.56. The molecule has 4 N–H and O–H groups in total. The molecule has 0 radical (unpaired) electrons. The maximum Gasteiger partial charge on any atom is 0.254 e. The van der Waals surface area contributed by atoms with Crippen LogP contribution in [0.5, 0.6) is 0 Å². The van der Waals surface area contributed by atoms with Gasteiger partial charge >= 0.3 is 0 Å². The predicted octanol–water partition coefficient (Wildman–Crippen LogP) is 1.08. The first kappa shape index (κ1) is 17.3. The van der Waals surface area contributed by atoms with Crippen molar-refractivity contribution >= 4 is 23.2 Å². The first-order valence-electron chi connectivity index (χ1n) is 8.49. The number of aromatic nitrogens is 3. The normalized spacial score (nSPS) is 24.0. The number of nitrogens with zero attached hydrogens (tertiary/aromatic N) is 4. The van der Waals surface area contributed by atoms with E-state index in [1.165, 1.54) is 10.7 Å². The molecule has 0 bridgehead atoms. The summed E-state index contributed by atoms with van der Waals surface area (Å²) in [4.78, 5) is 17.9. The Labute approximate surface area is 154 Å². The molecule has 0 spiro atoms. The number of hydrogen-bond donors (Lipinski definition) is 3. The van der Waals surface area contributed by atoms with E-state index in [0.29, 0.717) is 29.4 Å². The molecule has 1 aliphatic heterocycles. The van der Waals surface area contributed by atoms with Gasteiger partial charge in [0, 0.05) is 32.8 Å². The van der Waals surface area contributed by atoms with Crippen LogP contribution in [0.3, 0.4) is 0 Å². The number of hydrogen-bond acceptors (Lipinski definition) is 7. The van der Waals surface area contributed by atoms with Crippen LogP contribution in [0.25, 0.3) is 5.65 Å². The van der Waals surface area contributed by atoms with Gasteiger partial charge in [0.1, 0.15) is 23.4 Å². The summed E-state index contributed by atoms with van der Waals surface area (Å²) in [5.41, 5.74) is 6.67. The summed E-state index contributed by atoms with van der Waals surface area (Å²) in [6.45, 7) is 0. The Balaban J connectivity index is 1.68. The SMILES string of the molecule is CNc1cc(NC2=CC=CN([C@H]3C[C@@H]3F)C2OC)nc2c(C(N)=O)cnn12. The van der Waals surface area contributed by atoms with Crippen LogP contribution >= 0.6 is 0 Å². The number of methoxy groups -OCH3 is 1. The summed E-state index contributed by atoms with van der Waals surface area (Å²) in [5, 5.41) is 10.4. The smallest absolute Gasteiger partial charge is 0.254 e. The Bertz CT molecular complexity index is 954. The third kappa shape index (κ3) is 2.97. The minimum atomic E-state index is -0.845. The fraction of sp³-hybridized carbons (Fsp3) is 0.353. The van der Waals surface area contributed by atoms with Gasteiger partial charge in [0.05, 0.1) is 17.9 Å². The summed E-state index contributed by atoms with van der Waals surface area (Å²) in [6.07, 6.45) is 6.06. The molecular weight excluding hydrogens is 353 g/mol. The second-order valence-corrected chi connectivity index (χ2v) is 6.38. The van der Waals surface area contributed by atoms with Crippen molar-refractivity contribution in [2.24, 2.45) is 5.73 Å². The number of halogens is 1. The molecule has 0 aromatic carbocycles. The van der Waals surface area contributed by atoms with Crippen molar-refractivity contribution in [1.82, 2.24) is 19.5 Å². The highest BCUT2D eigenvalue weighted by Gasteiger charge is 2.45. The molecule has 2 aliphatic rings. The molecule has 1 unspecified atom stereocenters. The minimum absolute atomic E-state index is 0.184. The molecular formula is C17H20FN7O2. The Kier molecular flexibility index (Phi) is 4.19. The van der Waals surface area contributed by atoms with Gasteiger partial charge in [-0.1, -0.05) is 0 Å². The second-order valence-electron chi connectivity index (χ2n) is 6.38. The van der Waals surface area contributed by atoms with Crippen LogP contribution in [0.4, 0.5) is 16.0 Å². The Morgan fingerprint density at radius 2 is 2.26 bits per heavy atom. The van der Waals surface area contributed by atoms with Crippen molar-refractivity contribution in [2.75, 3.05) is 24.8 Å². The highest BCUT2D eigenvalue weighted by molar-refractivity contribution is 5.98. The van der Waals surface area contributed by atoms with Gasteiger partial charge in [-0.25, -0.2) is 9.37 Å². The molecule has 142 valence electrons. The lowest BCUT2D eigenvalue weighted by Crippen LogP contribution is -2.40. The lowest BCUT2D eigenvalue weighted by Gasteiger charge is -2.33. The van der Waals surface area contributed by atoms with Crippen molar-refractivity contribution in [3.05, 3.63) is 41.9 Å². The predicted molar refractivity (Wildman–Crippen MR) is 97.8 cm³/mol. The number of ether oxygens (including phenoxy) is 1. The van der Waals surface area contributed by atoms with Crippen LogP contribution in [0.1, 0.15) is 16.8 Å². The second kappa shape index (κ2) is 6.54. The Morgan fingerprint density at radius 3 is 2.89 bits per heavy atom. The first-order chi connectivity index (χ1) is 13.0. The van der Waals surface area contributed by atoms with E-state index < -0.39 is 18.3 Å². The number of anilines is 2. The highest BCUT2D eigenvalue weighted by atomic mass is 19.1. The van der Waals surface area contributed by atoms with Crippen molar-refractivity contribution < 1.29 is 13.9 Å². The fourth-order valence-electron chi connectivity index (χ4n) is 3.19. The molecule has 1 amide bonds. The molecule has 1 aliphatic carbocycles. The van der Waals surface area contributed by atoms with E-state index in [0.717, 1.165) is 0 Å². The molecule has 3 heterocycles. The number of allylic oxidation sites excluding steroid dienone is 2. The highest BCUT2D eigenvalue weighted by Crippen LogP contribution is 2.36. The summed E-state index contributed by atoms with van der Waals surface area (Å²) < 4.78 is 20.6. The first-order valence-corrected chi connectivity index (χ1v) is 8.49. The van der Waals surface area contributed by atoms with Crippen LogP contribution in [0, 0.1) is 0 Å². The van der Waals surface area contributed by atoms with Crippen molar-refractivity contribution in [1.29, 1.82) is 0 Å². The van der Waals surface area contributed by atoms with E-state index in [2.05, 4.69) is 20.7 Å². The van der Waals surface area contributed by atoms with Crippen LogP contribution in [-0.4, -0.2) is 58.0 Å². The molecule has 3 atom stereocenters. The molecule has 1 saturated carbocycles. The zero-order valence-electron chi connectivity index (χ0n) is 14.9. The summed E-state index contributed by atoms with van der Waals surface area (Å²) in [7, 11) is 3.31. The third-order valence-corrected chi connectivity index (χ3v) is 4.62. The summed E-state index contributed by atoms with van der Waals surface area (Å²) >= 11 is 0. The summed E-state index contributed by atoms with van der Waals surface area (Å²) in [5.74, 6) is 0.491. The topological polar surface area (TPSA) is 110 Å². The zero-order chi connectivity index (χ0) is 19.1. The fourth-order valence-corrected chi connectivity index (χ4v) is 3.19. The van der Waals surface area contributed by atoms with Crippen molar-refractivity contribution in [3.63, 3.8) is 0 Å². The molecule has 9 nitrogen and oxygen atoms in total. The Hall–Kier alpha value is -3.14. The number of primary amides is 1. The van der Waals surface area contributed by atoms with E-state index in [9.17, 15) is 9.18 Å². The maximum atomic E-state index is 13.5. The van der Waals surface area contributed by atoms with Gasteiger partial charge in [-0.3, -0.25) is 4.79 Å². The van der Waals surface area contributed by atoms with Gasteiger partial charge in [-0.15, -0.1) is 0 Å². The number of nitrogens with one attached hydrogen (secondary N) is 2. The van der Waals surface area contributed by atoms with E-state index in [1.54, 1.807) is 20.2 Å². The molecule has 0 saturated heterocycles. The lowest BCUT2D eigenvalue weighted by atomic mass is 10.2. The molecule has 4 rings (SSSR count). The molecule has 1 fully saturated rings. The van der Waals surface area contributed by atoms with Gasteiger partial charge in [-0.2, -0.15) is 9.61 Å². The maximum absolute atomic E-state index is 13.5. The number of rotatable bonds is 6. The van der Waals surface area contributed by atoms with Crippen LogP contribution in [0.2, 0.25) is 0 Å². The third-order valence-electron chi connectivity index (χ3n) is 4.62. The number of fused-ring (bicyclic) bond motifs is 1. The minimum Gasteiger partial charge on any atom is -0.373 e. The molecule has 2 aromatic rings. The lowest BCUT2D eigenvalue weighted by molar-refractivity contribution is 0.0137. The van der Waals surface area contributed by atoms with E-state index >= 15 is 0 Å².